The molecule has 0 atom stereocenters. The van der Waals surface area contributed by atoms with E-state index < -0.39 is 0 Å². The van der Waals surface area contributed by atoms with Gasteiger partial charge in [-0.2, -0.15) is 0 Å². The third kappa shape index (κ3) is 3.79. The van der Waals surface area contributed by atoms with Crippen molar-refractivity contribution < 1.29 is 9.90 Å². The maximum Gasteiger partial charge on any atom is 0.127 e. The van der Waals surface area contributed by atoms with E-state index in [-0.39, 0.29) is 12.0 Å². The normalized spacial score (nSPS) is 32.9. The summed E-state index contributed by atoms with van der Waals surface area (Å²) in [5.41, 5.74) is -0.135. The third-order valence-electron chi connectivity index (χ3n) is 5.27. The van der Waals surface area contributed by atoms with Crippen LogP contribution in [0, 0.1) is 11.3 Å². The fraction of sp³-hybridized carbons (Fsp3) is 0.938. The van der Waals surface area contributed by atoms with E-state index in [1.807, 2.05) is 0 Å². The van der Waals surface area contributed by atoms with Crippen molar-refractivity contribution in [3.63, 3.8) is 0 Å². The zero-order chi connectivity index (χ0) is 13.7. The van der Waals surface area contributed by atoms with Gasteiger partial charge in [-0.15, -0.1) is 0 Å². The van der Waals surface area contributed by atoms with Crippen LogP contribution in [0.25, 0.3) is 0 Å². The van der Waals surface area contributed by atoms with Crippen molar-refractivity contribution in [1.29, 1.82) is 0 Å². The van der Waals surface area contributed by atoms with Crippen molar-refractivity contribution in [2.24, 2.45) is 11.3 Å². The summed E-state index contributed by atoms with van der Waals surface area (Å²) < 4.78 is 0. The largest absolute Gasteiger partial charge is 0.395 e. The van der Waals surface area contributed by atoms with Gasteiger partial charge in [0.2, 0.25) is 0 Å². The predicted octanol–water partition coefficient (Wildman–Crippen LogP) is 2.62. The molecule has 0 aromatic carbocycles. The molecular formula is C16H29NO2. The minimum Gasteiger partial charge on any atom is -0.395 e. The second-order valence-electron chi connectivity index (χ2n) is 6.80. The molecule has 0 radical (unpaired) electrons. The Hall–Kier alpha value is -0.410. The van der Waals surface area contributed by atoms with E-state index in [4.69, 9.17) is 0 Å². The Kier molecular flexibility index (Phi) is 5.40. The summed E-state index contributed by atoms with van der Waals surface area (Å²) in [6.45, 7) is 4.10. The Morgan fingerprint density at radius 2 is 1.84 bits per heavy atom. The van der Waals surface area contributed by atoms with Crippen LogP contribution in [0.4, 0.5) is 0 Å². The van der Waals surface area contributed by atoms with Gasteiger partial charge < -0.3 is 9.90 Å². The first kappa shape index (κ1) is 15.0. The number of aliphatic hydroxyl groups excluding tert-OH is 1. The fourth-order valence-electron chi connectivity index (χ4n) is 3.84. The smallest absolute Gasteiger partial charge is 0.127 e. The maximum atomic E-state index is 11.7. The highest BCUT2D eigenvalue weighted by Crippen LogP contribution is 2.39. The number of nitrogens with zero attached hydrogens (tertiary/aromatic N) is 1. The minimum atomic E-state index is -0.135. The third-order valence-corrected chi connectivity index (χ3v) is 5.27. The Morgan fingerprint density at radius 1 is 1.21 bits per heavy atom. The highest BCUT2D eigenvalue weighted by Gasteiger charge is 2.37. The van der Waals surface area contributed by atoms with E-state index in [0.717, 1.165) is 31.8 Å². The molecular weight excluding hydrogens is 238 g/mol. The van der Waals surface area contributed by atoms with Gasteiger partial charge in [-0.05, 0) is 44.4 Å². The van der Waals surface area contributed by atoms with Crippen molar-refractivity contribution in [1.82, 2.24) is 4.90 Å². The standard InChI is InChI=1S/C16H29NO2/c1-14-6-8-16(13-19,9-7-14)12-17(10-11-18)15-4-2-3-5-15/h13-15,18H,2-12H2,1H3. The molecule has 0 heterocycles. The fourth-order valence-corrected chi connectivity index (χ4v) is 3.84. The molecule has 1 N–H and O–H groups in total. The minimum absolute atomic E-state index is 0.135. The summed E-state index contributed by atoms with van der Waals surface area (Å²) >= 11 is 0. The molecule has 110 valence electrons. The summed E-state index contributed by atoms with van der Waals surface area (Å²) in [4.78, 5) is 14.1. The van der Waals surface area contributed by atoms with Crippen molar-refractivity contribution in [2.75, 3.05) is 19.7 Å². The molecule has 2 rings (SSSR count). The van der Waals surface area contributed by atoms with Crippen molar-refractivity contribution >= 4 is 6.29 Å². The topological polar surface area (TPSA) is 40.5 Å². The van der Waals surface area contributed by atoms with Gasteiger partial charge in [0.05, 0.1) is 6.61 Å². The first-order valence-corrected chi connectivity index (χ1v) is 8.00. The number of aliphatic hydroxyl groups is 1. The molecule has 0 spiro atoms. The quantitative estimate of drug-likeness (QED) is 0.752. The van der Waals surface area contributed by atoms with Crippen molar-refractivity contribution in [3.8, 4) is 0 Å². The van der Waals surface area contributed by atoms with Crippen LogP contribution in [-0.2, 0) is 4.79 Å². The lowest BCUT2D eigenvalue weighted by molar-refractivity contribution is -0.120. The van der Waals surface area contributed by atoms with Gasteiger partial charge >= 0.3 is 0 Å². The van der Waals surface area contributed by atoms with Crippen LogP contribution in [0.15, 0.2) is 0 Å². The molecule has 0 amide bonds. The molecule has 2 aliphatic carbocycles. The number of carbonyl (C=O) groups is 1. The average molecular weight is 267 g/mol. The van der Waals surface area contributed by atoms with Gasteiger partial charge in [0, 0.05) is 24.5 Å². The van der Waals surface area contributed by atoms with Crippen LogP contribution >= 0.6 is 0 Å². The van der Waals surface area contributed by atoms with E-state index >= 15 is 0 Å². The van der Waals surface area contributed by atoms with Gasteiger partial charge in [0.1, 0.15) is 6.29 Å². The zero-order valence-corrected chi connectivity index (χ0v) is 12.3. The summed E-state index contributed by atoms with van der Waals surface area (Å²) in [6.07, 6.45) is 10.7. The summed E-state index contributed by atoms with van der Waals surface area (Å²) in [5, 5.41) is 9.30. The van der Waals surface area contributed by atoms with Crippen molar-refractivity contribution in [3.05, 3.63) is 0 Å². The lowest BCUT2D eigenvalue weighted by atomic mass is 9.71. The molecule has 0 saturated heterocycles. The lowest BCUT2D eigenvalue weighted by Crippen LogP contribution is -2.46. The van der Waals surface area contributed by atoms with Gasteiger partial charge in [-0.25, -0.2) is 0 Å². The highest BCUT2D eigenvalue weighted by atomic mass is 16.3. The predicted molar refractivity (Wildman–Crippen MR) is 77.0 cm³/mol. The van der Waals surface area contributed by atoms with Crippen molar-refractivity contribution in [2.45, 2.75) is 64.3 Å². The second-order valence-corrected chi connectivity index (χ2v) is 6.80. The van der Waals surface area contributed by atoms with E-state index in [1.54, 1.807) is 0 Å². The molecule has 3 heteroatoms. The lowest BCUT2D eigenvalue weighted by Gasteiger charge is -2.40. The zero-order valence-electron chi connectivity index (χ0n) is 12.3. The van der Waals surface area contributed by atoms with Gasteiger partial charge in [-0.1, -0.05) is 19.8 Å². The van der Waals surface area contributed by atoms with E-state index in [2.05, 4.69) is 11.8 Å². The van der Waals surface area contributed by atoms with Crippen LogP contribution in [0.1, 0.15) is 58.3 Å². The number of hydrogen-bond acceptors (Lipinski definition) is 3. The molecule has 0 aromatic heterocycles. The van der Waals surface area contributed by atoms with Gasteiger partial charge in [0.15, 0.2) is 0 Å². The van der Waals surface area contributed by atoms with Gasteiger partial charge in [-0.3, -0.25) is 4.90 Å². The van der Waals surface area contributed by atoms with Crippen LogP contribution in [-0.4, -0.2) is 42.0 Å². The maximum absolute atomic E-state index is 11.7. The number of hydrogen-bond donors (Lipinski definition) is 1. The highest BCUT2D eigenvalue weighted by molar-refractivity contribution is 5.60. The molecule has 2 saturated carbocycles. The second kappa shape index (κ2) is 6.85. The first-order chi connectivity index (χ1) is 9.19. The summed E-state index contributed by atoms with van der Waals surface area (Å²) in [6, 6.07) is 0.600. The molecule has 0 aromatic rings. The Bertz CT molecular complexity index is 278. The molecule has 0 bridgehead atoms. The Labute approximate surface area is 117 Å². The van der Waals surface area contributed by atoms with Gasteiger partial charge in [0.25, 0.3) is 0 Å². The molecule has 3 nitrogen and oxygen atoms in total. The Morgan fingerprint density at radius 3 is 2.37 bits per heavy atom. The molecule has 0 unspecified atom stereocenters. The number of rotatable bonds is 6. The summed E-state index contributed by atoms with van der Waals surface area (Å²) in [5.74, 6) is 0.769. The average Bonchev–Trinajstić information content (AvgIpc) is 2.95. The Balaban J connectivity index is 1.99. The van der Waals surface area contributed by atoms with Crippen LogP contribution in [0.3, 0.4) is 0 Å². The first-order valence-electron chi connectivity index (χ1n) is 8.00. The SMILES string of the molecule is CC1CCC(C=O)(CN(CCO)C2CCCC2)CC1. The van der Waals surface area contributed by atoms with E-state index in [0.29, 0.717) is 6.04 Å². The monoisotopic (exact) mass is 267 g/mol. The van der Waals surface area contributed by atoms with E-state index in [1.165, 1.54) is 44.8 Å². The molecule has 0 aliphatic heterocycles. The molecule has 2 aliphatic rings. The number of carbonyl (C=O) groups excluding carboxylic acids is 1. The van der Waals surface area contributed by atoms with Crippen LogP contribution in [0.5, 0.6) is 0 Å². The number of aldehydes is 1. The van der Waals surface area contributed by atoms with Crippen LogP contribution < -0.4 is 0 Å². The molecule has 2 fully saturated rings. The molecule has 19 heavy (non-hydrogen) atoms. The van der Waals surface area contributed by atoms with Crippen LogP contribution in [0.2, 0.25) is 0 Å². The van der Waals surface area contributed by atoms with E-state index in [9.17, 15) is 9.90 Å². The summed E-state index contributed by atoms with van der Waals surface area (Å²) in [7, 11) is 0.